The van der Waals surface area contributed by atoms with Gasteiger partial charge in [0.1, 0.15) is 0 Å². The fraction of sp³-hybridized carbons (Fsp3) is 0.333. The van der Waals surface area contributed by atoms with Gasteiger partial charge in [-0.3, -0.25) is 0 Å². The van der Waals surface area contributed by atoms with Crippen molar-refractivity contribution in [2.24, 2.45) is 0 Å². The van der Waals surface area contributed by atoms with E-state index in [9.17, 15) is 0 Å². The summed E-state index contributed by atoms with van der Waals surface area (Å²) in [6, 6.07) is 43.2. The molecule has 0 saturated carbocycles. The molecule has 0 unspecified atom stereocenters. The first-order valence-corrected chi connectivity index (χ1v) is 18.6. The Morgan fingerprint density at radius 2 is 1.10 bits per heavy atom. The van der Waals surface area contributed by atoms with Crippen molar-refractivity contribution in [1.29, 1.82) is 0 Å². The molecule has 0 saturated heterocycles. The minimum absolute atomic E-state index is 0. The molecular weight excluding hydrogens is 790 g/mol. The largest absolute Gasteiger partial charge is 1.00 e. The Morgan fingerprint density at radius 3 is 1.50 bits per heavy atom. The van der Waals surface area contributed by atoms with E-state index < -0.39 is 0 Å². The van der Waals surface area contributed by atoms with Gasteiger partial charge in [0.15, 0.2) is 0 Å². The van der Waals surface area contributed by atoms with E-state index in [1.54, 1.807) is 0 Å². The van der Waals surface area contributed by atoms with Crippen molar-refractivity contribution in [3.05, 3.63) is 160 Å². The van der Waals surface area contributed by atoms with E-state index in [1.165, 1.54) is 58.9 Å². The van der Waals surface area contributed by atoms with Crippen molar-refractivity contribution in [1.82, 2.24) is 0 Å². The Kier molecular flexibility index (Phi) is 15.6. The van der Waals surface area contributed by atoms with Crippen LogP contribution in [0.25, 0.3) is 11.1 Å². The summed E-state index contributed by atoms with van der Waals surface area (Å²) in [6.45, 7) is 22.6. The van der Waals surface area contributed by atoms with Crippen LogP contribution in [0.2, 0.25) is 0 Å². The van der Waals surface area contributed by atoms with Crippen molar-refractivity contribution >= 4 is 3.26 Å². The number of hydrogen-bond acceptors (Lipinski definition) is 0. The summed E-state index contributed by atoms with van der Waals surface area (Å²) in [4.78, 5) is 0. The number of rotatable bonds is 4. The summed E-state index contributed by atoms with van der Waals surface area (Å²) in [6.07, 6.45) is 1.03. The topological polar surface area (TPSA) is 0 Å². The summed E-state index contributed by atoms with van der Waals surface area (Å²) in [5, 5.41) is 0. The smallest absolute Gasteiger partial charge is 0.172 e. The number of fused-ring (bicyclic) bond motifs is 3. The molecule has 3 heteroatoms. The Labute approximate surface area is 319 Å². The molecule has 0 spiro atoms. The molecule has 0 fully saturated rings. The summed E-state index contributed by atoms with van der Waals surface area (Å²) >= 11 is 1.07. The molecule has 252 valence electrons. The summed E-state index contributed by atoms with van der Waals surface area (Å²) in [7, 11) is 0. The van der Waals surface area contributed by atoms with E-state index in [2.05, 4.69) is 154 Å². The molecule has 0 aromatic heterocycles. The molecule has 1 aliphatic rings. The first kappa shape index (κ1) is 41.7. The number of halogens is 2. The van der Waals surface area contributed by atoms with Gasteiger partial charge in [-0.1, -0.05) is 76.3 Å². The van der Waals surface area contributed by atoms with Gasteiger partial charge >= 0.3 is 137 Å². The molecule has 48 heavy (non-hydrogen) atoms. The van der Waals surface area contributed by atoms with Crippen molar-refractivity contribution < 1.29 is 48.7 Å². The molecule has 0 nitrogen and oxygen atoms in total. The van der Waals surface area contributed by atoms with Gasteiger partial charge in [-0.2, -0.15) is 47.5 Å². The second kappa shape index (κ2) is 18.0. The fourth-order valence-corrected chi connectivity index (χ4v) is 6.74. The summed E-state index contributed by atoms with van der Waals surface area (Å²) in [5.74, 6) is 1.21. The third kappa shape index (κ3) is 11.0. The summed E-state index contributed by atoms with van der Waals surface area (Å²) < 4.78 is 1.48. The second-order valence-corrected chi connectivity index (χ2v) is 17.0. The van der Waals surface area contributed by atoms with E-state index in [0.717, 1.165) is 30.3 Å². The number of benzene rings is 4. The molecule has 0 amide bonds. The van der Waals surface area contributed by atoms with Crippen LogP contribution >= 0.6 is 0 Å². The van der Waals surface area contributed by atoms with E-state index in [0.29, 0.717) is 11.8 Å². The monoisotopic (exact) mass is 842 g/mol. The van der Waals surface area contributed by atoms with Gasteiger partial charge in [-0.15, -0.1) is 5.56 Å². The first-order chi connectivity index (χ1) is 21.6. The minimum Gasteiger partial charge on any atom is -1.00 e. The van der Waals surface area contributed by atoms with Gasteiger partial charge in [0.05, 0.1) is 0 Å². The molecule has 0 bridgehead atoms. The maximum absolute atomic E-state index is 3.53. The van der Waals surface area contributed by atoms with Gasteiger partial charge in [-0.05, 0) is 17.4 Å². The van der Waals surface area contributed by atoms with Crippen LogP contribution in [0.1, 0.15) is 126 Å². The maximum atomic E-state index is 3.53. The fourth-order valence-electron chi connectivity index (χ4n) is 5.54. The third-order valence-corrected chi connectivity index (χ3v) is 10.9. The zero-order chi connectivity index (χ0) is 33.6. The molecule has 1 aliphatic carbocycles. The van der Waals surface area contributed by atoms with Gasteiger partial charge in [0.25, 0.3) is 0 Å². The second-order valence-electron chi connectivity index (χ2n) is 15.2. The van der Waals surface area contributed by atoms with E-state index in [4.69, 9.17) is 0 Å². The molecule has 0 radical (unpaired) electrons. The van der Waals surface area contributed by atoms with Crippen LogP contribution in [0.3, 0.4) is 0 Å². The molecule has 5 aromatic carbocycles. The van der Waals surface area contributed by atoms with Crippen LogP contribution in [0.4, 0.5) is 0 Å². The van der Waals surface area contributed by atoms with Crippen LogP contribution in [-0.4, -0.2) is 3.26 Å². The zero-order valence-corrected chi connectivity index (χ0v) is 35.6. The SMILES string of the molecule is CC(C)(C)c1c[c-]c2c(c1)-c1cc(C(C)(C)C)ccc1C2.CC(C)c1ccc([C](=[Hf+2])c2ccc(C(C)C)cc2)cc1.[Cl-].[Cl-].c1cc[cH-]c1. The van der Waals surface area contributed by atoms with Crippen molar-refractivity contribution in [2.75, 3.05) is 0 Å². The quantitative estimate of drug-likeness (QED) is 0.149. The zero-order valence-electron chi connectivity index (χ0n) is 30.5. The minimum atomic E-state index is 0. The van der Waals surface area contributed by atoms with Crippen molar-refractivity contribution in [2.45, 2.75) is 98.3 Å². The predicted octanol–water partition coefficient (Wildman–Crippen LogP) is 6.12. The average Bonchev–Trinajstić information content (AvgIpc) is 3.72. The molecule has 0 heterocycles. The van der Waals surface area contributed by atoms with Crippen molar-refractivity contribution in [3.8, 4) is 11.1 Å². The van der Waals surface area contributed by atoms with Gasteiger partial charge in [0.2, 0.25) is 0 Å². The molecule has 0 N–H and O–H groups in total. The van der Waals surface area contributed by atoms with Crippen LogP contribution in [0.5, 0.6) is 0 Å². The normalized spacial score (nSPS) is 11.6. The summed E-state index contributed by atoms with van der Waals surface area (Å²) in [5.41, 5.74) is 14.3. The van der Waals surface area contributed by atoms with Crippen LogP contribution in [0.15, 0.2) is 109 Å². The standard InChI is InChI=1S/C21H25.C19H22.C5H5.2ClH.Hf/c1-20(2,3)16-9-7-14-11-15-8-10-17(21(4,5)6)13-19(15)18(14)12-16;1-14(2)18-9-5-16(6-10-18)13-17-7-11-19(12-8-17)15(3)4;1-2-4-5-3-1;;;/h7,9-10,12-13H,11H2,1-6H3;5-12,14-15H,1-4H3;1-5H;2*1H;/q-1;;-1;;;+2/p-2. The molecule has 5 aromatic rings. The van der Waals surface area contributed by atoms with Crippen LogP contribution in [-0.2, 0) is 41.1 Å². The van der Waals surface area contributed by atoms with Gasteiger partial charge < -0.3 is 24.8 Å². The number of hydrogen-bond donors (Lipinski definition) is 0. The Hall–Kier alpha value is -2.45. The predicted molar refractivity (Wildman–Crippen MR) is 197 cm³/mol. The average molecular weight is 842 g/mol. The molecule has 0 atom stereocenters. The van der Waals surface area contributed by atoms with E-state index in [1.807, 2.05) is 30.3 Å². The van der Waals surface area contributed by atoms with Gasteiger partial charge in [0, 0.05) is 0 Å². The van der Waals surface area contributed by atoms with Gasteiger partial charge in [-0.25, -0.2) is 12.1 Å². The van der Waals surface area contributed by atoms with E-state index >= 15 is 0 Å². The molecule has 6 rings (SSSR count). The van der Waals surface area contributed by atoms with Crippen molar-refractivity contribution in [3.63, 3.8) is 0 Å². The Bertz CT molecular complexity index is 1580. The Morgan fingerprint density at radius 1 is 0.646 bits per heavy atom. The maximum Gasteiger partial charge on any atom is -0.172 e. The van der Waals surface area contributed by atoms with Crippen LogP contribution in [0, 0.1) is 6.07 Å². The van der Waals surface area contributed by atoms with Crippen LogP contribution < -0.4 is 24.8 Å². The van der Waals surface area contributed by atoms with E-state index in [-0.39, 0.29) is 35.6 Å². The molecule has 0 aliphatic heterocycles. The first-order valence-electron chi connectivity index (χ1n) is 16.8. The Balaban J connectivity index is 0.000000281. The molecular formula is C45H52Cl2Hf-2. The third-order valence-electron chi connectivity index (χ3n) is 8.81.